The number of halogens is 1. The first-order valence-corrected chi connectivity index (χ1v) is 4.75. The average molecular weight is 173 g/mol. The van der Waals surface area contributed by atoms with E-state index in [-0.39, 0.29) is 5.54 Å². The molecule has 0 bridgehead atoms. The summed E-state index contributed by atoms with van der Waals surface area (Å²) in [5.41, 5.74) is -0.848. The molecule has 1 rings (SSSR count). The summed E-state index contributed by atoms with van der Waals surface area (Å²) in [5, 5.41) is 0. The Morgan fingerprint density at radius 3 is 2.25 bits per heavy atom. The van der Waals surface area contributed by atoms with Gasteiger partial charge in [0.1, 0.15) is 5.67 Å². The van der Waals surface area contributed by atoms with Crippen molar-refractivity contribution in [1.29, 1.82) is 0 Å². The third-order valence-corrected chi connectivity index (χ3v) is 2.60. The normalized spacial score (nSPS) is 33.8. The quantitative estimate of drug-likeness (QED) is 0.544. The van der Waals surface area contributed by atoms with Gasteiger partial charge in [0.25, 0.3) is 0 Å². The Bertz CT molecular complexity index is 154. The van der Waals surface area contributed by atoms with E-state index in [4.69, 9.17) is 0 Å². The van der Waals surface area contributed by atoms with Gasteiger partial charge in [-0.2, -0.15) is 0 Å². The van der Waals surface area contributed by atoms with Crippen LogP contribution in [0.15, 0.2) is 0 Å². The molecule has 1 unspecified atom stereocenters. The molecular formula is C10H20FN. The van der Waals surface area contributed by atoms with E-state index in [1.54, 1.807) is 6.92 Å². The molecule has 0 aliphatic carbocycles. The van der Waals surface area contributed by atoms with Crippen molar-refractivity contribution in [3.8, 4) is 0 Å². The van der Waals surface area contributed by atoms with Crippen LogP contribution < -0.4 is 0 Å². The average Bonchev–Trinajstić information content (AvgIpc) is 1.83. The minimum Gasteiger partial charge on any atom is -0.295 e. The molecule has 1 atom stereocenters. The molecular weight excluding hydrogens is 153 g/mol. The van der Waals surface area contributed by atoms with Crippen LogP contribution >= 0.6 is 0 Å². The second-order valence-electron chi connectivity index (χ2n) is 5.11. The Morgan fingerprint density at radius 2 is 1.92 bits per heavy atom. The fourth-order valence-electron chi connectivity index (χ4n) is 1.77. The summed E-state index contributed by atoms with van der Waals surface area (Å²) < 4.78 is 13.6. The van der Waals surface area contributed by atoms with Crippen LogP contribution in [0, 0.1) is 0 Å². The van der Waals surface area contributed by atoms with E-state index in [0.717, 1.165) is 19.4 Å². The van der Waals surface area contributed by atoms with Crippen LogP contribution in [-0.4, -0.2) is 29.2 Å². The van der Waals surface area contributed by atoms with Crippen molar-refractivity contribution in [3.05, 3.63) is 0 Å². The van der Waals surface area contributed by atoms with E-state index in [2.05, 4.69) is 25.7 Å². The summed E-state index contributed by atoms with van der Waals surface area (Å²) in [6, 6.07) is 0. The Labute approximate surface area is 74.9 Å². The lowest BCUT2D eigenvalue weighted by Crippen LogP contribution is -2.51. The molecule has 0 aromatic carbocycles. The van der Waals surface area contributed by atoms with Crippen molar-refractivity contribution < 1.29 is 4.39 Å². The van der Waals surface area contributed by atoms with Crippen LogP contribution in [-0.2, 0) is 0 Å². The molecule has 1 saturated heterocycles. The van der Waals surface area contributed by atoms with Crippen LogP contribution in [0.2, 0.25) is 0 Å². The number of rotatable bonds is 0. The second-order valence-corrected chi connectivity index (χ2v) is 5.11. The van der Waals surface area contributed by atoms with E-state index in [1.165, 1.54) is 0 Å². The Kier molecular flexibility index (Phi) is 2.48. The predicted octanol–water partition coefficient (Wildman–Crippen LogP) is 2.61. The van der Waals surface area contributed by atoms with E-state index < -0.39 is 5.67 Å². The van der Waals surface area contributed by atoms with Crippen LogP contribution in [0.1, 0.15) is 40.5 Å². The van der Waals surface area contributed by atoms with Gasteiger partial charge in [0, 0.05) is 12.1 Å². The topological polar surface area (TPSA) is 3.24 Å². The molecule has 1 aliphatic heterocycles. The van der Waals surface area contributed by atoms with Gasteiger partial charge in [-0.05, 0) is 47.1 Å². The van der Waals surface area contributed by atoms with Crippen LogP contribution in [0.4, 0.5) is 4.39 Å². The standard InChI is InChI=1S/C10H20FN/c1-9(2,3)12-7-5-6-10(4,11)8-12/h5-8H2,1-4H3. The number of hydrogen-bond donors (Lipinski definition) is 0. The minimum absolute atomic E-state index is 0.119. The number of hydrogen-bond acceptors (Lipinski definition) is 1. The van der Waals surface area contributed by atoms with Gasteiger partial charge in [0.05, 0.1) is 0 Å². The second kappa shape index (κ2) is 2.99. The molecule has 0 aromatic rings. The molecule has 72 valence electrons. The van der Waals surface area contributed by atoms with E-state index in [0.29, 0.717) is 6.54 Å². The highest BCUT2D eigenvalue weighted by molar-refractivity contribution is 4.88. The summed E-state index contributed by atoms with van der Waals surface area (Å²) in [4.78, 5) is 2.23. The molecule has 1 nitrogen and oxygen atoms in total. The van der Waals surface area contributed by atoms with E-state index in [9.17, 15) is 4.39 Å². The van der Waals surface area contributed by atoms with Crippen LogP contribution in [0.3, 0.4) is 0 Å². The SMILES string of the molecule is CC1(F)CCCN(C(C)(C)C)C1. The monoisotopic (exact) mass is 173 g/mol. The molecule has 0 spiro atoms. The maximum absolute atomic E-state index is 13.6. The third kappa shape index (κ3) is 2.44. The van der Waals surface area contributed by atoms with E-state index >= 15 is 0 Å². The van der Waals surface area contributed by atoms with Crippen molar-refractivity contribution in [2.24, 2.45) is 0 Å². The Hall–Kier alpha value is -0.110. The Morgan fingerprint density at radius 1 is 1.33 bits per heavy atom. The third-order valence-electron chi connectivity index (χ3n) is 2.60. The molecule has 0 amide bonds. The van der Waals surface area contributed by atoms with Crippen molar-refractivity contribution >= 4 is 0 Å². The zero-order chi connectivity index (χ0) is 9.41. The first-order valence-electron chi connectivity index (χ1n) is 4.75. The highest BCUT2D eigenvalue weighted by Crippen LogP contribution is 2.28. The van der Waals surface area contributed by atoms with Gasteiger partial charge in [-0.25, -0.2) is 4.39 Å². The molecule has 12 heavy (non-hydrogen) atoms. The van der Waals surface area contributed by atoms with Gasteiger partial charge >= 0.3 is 0 Å². The number of nitrogens with zero attached hydrogens (tertiary/aromatic N) is 1. The number of piperidine rings is 1. The molecule has 0 saturated carbocycles. The van der Waals surface area contributed by atoms with Gasteiger partial charge in [-0.1, -0.05) is 0 Å². The minimum atomic E-state index is -0.967. The zero-order valence-electron chi connectivity index (χ0n) is 8.65. The Balaban J connectivity index is 2.58. The van der Waals surface area contributed by atoms with Crippen molar-refractivity contribution in [2.75, 3.05) is 13.1 Å². The predicted molar refractivity (Wildman–Crippen MR) is 50.1 cm³/mol. The first-order chi connectivity index (χ1) is 5.31. The van der Waals surface area contributed by atoms with Crippen molar-refractivity contribution in [1.82, 2.24) is 4.90 Å². The lowest BCUT2D eigenvalue weighted by Gasteiger charge is -2.43. The van der Waals surface area contributed by atoms with Gasteiger partial charge in [-0.3, -0.25) is 4.90 Å². The van der Waals surface area contributed by atoms with Gasteiger partial charge < -0.3 is 0 Å². The molecule has 0 N–H and O–H groups in total. The summed E-state index contributed by atoms with van der Waals surface area (Å²) in [5.74, 6) is 0. The van der Waals surface area contributed by atoms with Gasteiger partial charge in [0.15, 0.2) is 0 Å². The summed E-state index contributed by atoms with van der Waals surface area (Å²) in [6.45, 7) is 9.79. The molecule has 1 heterocycles. The van der Waals surface area contributed by atoms with Crippen LogP contribution in [0.25, 0.3) is 0 Å². The number of likely N-dealkylation sites (tertiary alicyclic amines) is 1. The largest absolute Gasteiger partial charge is 0.295 e. The zero-order valence-corrected chi connectivity index (χ0v) is 8.65. The fraction of sp³-hybridized carbons (Fsp3) is 1.00. The maximum Gasteiger partial charge on any atom is 0.121 e. The lowest BCUT2D eigenvalue weighted by molar-refractivity contribution is 0.0106. The fourth-order valence-corrected chi connectivity index (χ4v) is 1.77. The summed E-state index contributed by atoms with van der Waals surface area (Å²) >= 11 is 0. The highest BCUT2D eigenvalue weighted by atomic mass is 19.1. The van der Waals surface area contributed by atoms with Crippen LogP contribution in [0.5, 0.6) is 0 Å². The summed E-state index contributed by atoms with van der Waals surface area (Å²) in [6.07, 6.45) is 1.71. The van der Waals surface area contributed by atoms with Gasteiger partial charge in [-0.15, -0.1) is 0 Å². The van der Waals surface area contributed by atoms with Crippen molar-refractivity contribution in [3.63, 3.8) is 0 Å². The molecule has 1 aliphatic rings. The molecule has 0 aromatic heterocycles. The lowest BCUT2D eigenvalue weighted by atomic mass is 9.92. The molecule has 0 radical (unpaired) electrons. The van der Waals surface area contributed by atoms with Gasteiger partial charge in [0.2, 0.25) is 0 Å². The molecule has 1 fully saturated rings. The number of alkyl halides is 1. The van der Waals surface area contributed by atoms with Crippen molar-refractivity contribution in [2.45, 2.75) is 51.7 Å². The first kappa shape index (κ1) is 9.97. The van der Waals surface area contributed by atoms with E-state index in [1.807, 2.05) is 0 Å². The smallest absolute Gasteiger partial charge is 0.121 e. The maximum atomic E-state index is 13.6. The highest BCUT2D eigenvalue weighted by Gasteiger charge is 2.34. The summed E-state index contributed by atoms with van der Waals surface area (Å²) in [7, 11) is 0. The molecule has 2 heteroatoms.